The van der Waals surface area contributed by atoms with Gasteiger partial charge < -0.3 is 21.3 Å². The van der Waals surface area contributed by atoms with Gasteiger partial charge in [-0.3, -0.25) is 24.0 Å². The molecule has 3 aliphatic carbocycles. The van der Waals surface area contributed by atoms with Crippen LogP contribution in [-0.4, -0.2) is 59.0 Å². The number of carbonyl (C=O) groups excluding carboxylic acids is 5. The van der Waals surface area contributed by atoms with Crippen LogP contribution < -0.4 is 16.4 Å². The van der Waals surface area contributed by atoms with E-state index < -0.39 is 35.7 Å². The van der Waals surface area contributed by atoms with Gasteiger partial charge in [-0.2, -0.15) is 0 Å². The van der Waals surface area contributed by atoms with Crippen molar-refractivity contribution in [3.63, 3.8) is 0 Å². The molecule has 3 saturated carbocycles. The molecule has 4 fully saturated rings. The number of piperidine rings is 1. The standard InChI is InChI=1S/C25H38N4O5/c1-12(2)22(32)28-17(10-14-7-8-14)24(34)29-11-15-18(25(15,3)4)19(29)23(33)27-16(9-13-5-6-13)20(30)21(26)31/h12-19H,5-11H2,1-4H3,(H2,26,31)(H,27,33)(H,28,32)/t15-,16?,17-,18?,19-/m0/s1. The maximum Gasteiger partial charge on any atom is 0.287 e. The molecular formula is C25H38N4O5. The minimum atomic E-state index is -1.06. The first kappa shape index (κ1) is 24.7. The molecule has 34 heavy (non-hydrogen) atoms. The Bertz CT molecular complexity index is 892. The Balaban J connectivity index is 1.52. The van der Waals surface area contributed by atoms with E-state index in [-0.39, 0.29) is 35.0 Å². The predicted molar refractivity (Wildman–Crippen MR) is 124 cm³/mol. The summed E-state index contributed by atoms with van der Waals surface area (Å²) >= 11 is 0. The fourth-order valence-corrected chi connectivity index (χ4v) is 5.61. The smallest absolute Gasteiger partial charge is 0.287 e. The molecule has 4 aliphatic rings. The van der Waals surface area contributed by atoms with E-state index in [1.165, 1.54) is 0 Å². The lowest BCUT2D eigenvalue weighted by Crippen LogP contribution is -2.58. The van der Waals surface area contributed by atoms with Crippen LogP contribution in [0.1, 0.15) is 66.2 Å². The normalized spacial score (nSPS) is 28.6. The molecule has 9 nitrogen and oxygen atoms in total. The zero-order valence-corrected chi connectivity index (χ0v) is 20.6. The van der Waals surface area contributed by atoms with Gasteiger partial charge in [-0.25, -0.2) is 0 Å². The Morgan fingerprint density at radius 2 is 1.50 bits per heavy atom. The van der Waals surface area contributed by atoms with Gasteiger partial charge >= 0.3 is 0 Å². The third-order valence-electron chi connectivity index (χ3n) is 8.31. The van der Waals surface area contributed by atoms with E-state index in [2.05, 4.69) is 24.5 Å². The van der Waals surface area contributed by atoms with Crippen molar-refractivity contribution in [1.29, 1.82) is 0 Å². The van der Waals surface area contributed by atoms with Crippen molar-refractivity contribution >= 4 is 29.4 Å². The number of fused-ring (bicyclic) bond motifs is 1. The summed E-state index contributed by atoms with van der Waals surface area (Å²) in [5.41, 5.74) is 5.14. The van der Waals surface area contributed by atoms with Crippen molar-refractivity contribution in [2.75, 3.05) is 6.54 Å². The molecule has 5 atom stereocenters. The Morgan fingerprint density at radius 1 is 0.941 bits per heavy atom. The number of nitrogens with two attached hydrogens (primary N) is 1. The van der Waals surface area contributed by atoms with Gasteiger partial charge in [0.15, 0.2) is 0 Å². The highest BCUT2D eigenvalue weighted by atomic mass is 16.2. The van der Waals surface area contributed by atoms with Gasteiger partial charge in [0, 0.05) is 12.5 Å². The molecule has 1 heterocycles. The predicted octanol–water partition coefficient (Wildman–Crippen LogP) is 0.750. The fourth-order valence-electron chi connectivity index (χ4n) is 5.61. The van der Waals surface area contributed by atoms with Gasteiger partial charge in [0.05, 0.1) is 6.04 Å². The third-order valence-corrected chi connectivity index (χ3v) is 8.31. The van der Waals surface area contributed by atoms with Crippen molar-refractivity contribution in [2.45, 2.75) is 84.3 Å². The lowest BCUT2D eigenvalue weighted by Gasteiger charge is -2.34. The number of Topliss-reactive ketones (excluding diaryl/α,β-unsaturated/α-hetero) is 1. The van der Waals surface area contributed by atoms with E-state index in [0.29, 0.717) is 31.2 Å². The molecular weight excluding hydrogens is 436 g/mol. The minimum absolute atomic E-state index is 0.0240. The Labute approximate surface area is 200 Å². The number of nitrogens with one attached hydrogen (secondary N) is 2. The number of rotatable bonds is 11. The number of hydrogen-bond acceptors (Lipinski definition) is 5. The SMILES string of the molecule is CC(C)C(=O)N[C@@H](CC1CC1)C(=O)N1C[C@H]2C([C@H]1C(=O)NC(CC1CC1)C(=O)C(N)=O)C2(C)C. The van der Waals surface area contributed by atoms with Crippen LogP contribution in [0.5, 0.6) is 0 Å². The molecule has 0 bridgehead atoms. The number of carbonyl (C=O) groups is 5. The molecule has 9 heteroatoms. The number of ketones is 1. The Hall–Kier alpha value is -2.45. The average Bonchev–Trinajstić information content (AvgIpc) is 3.71. The highest BCUT2D eigenvalue weighted by Gasteiger charge is 2.69. The molecule has 188 valence electrons. The topological polar surface area (TPSA) is 139 Å². The van der Waals surface area contributed by atoms with Crippen molar-refractivity contribution in [3.8, 4) is 0 Å². The summed E-state index contributed by atoms with van der Waals surface area (Å²) < 4.78 is 0. The van der Waals surface area contributed by atoms with Gasteiger partial charge in [0.2, 0.25) is 23.5 Å². The summed E-state index contributed by atoms with van der Waals surface area (Å²) in [5.74, 6) is -2.05. The second-order valence-corrected chi connectivity index (χ2v) is 11.8. The van der Waals surface area contributed by atoms with Crippen molar-refractivity contribution in [1.82, 2.24) is 15.5 Å². The van der Waals surface area contributed by atoms with Crippen LogP contribution in [0.4, 0.5) is 0 Å². The number of primary amides is 1. The molecule has 4 amide bonds. The first-order chi connectivity index (χ1) is 15.9. The first-order valence-electron chi connectivity index (χ1n) is 12.7. The molecule has 0 aromatic carbocycles. The van der Waals surface area contributed by atoms with Gasteiger partial charge in [0.1, 0.15) is 12.1 Å². The monoisotopic (exact) mass is 474 g/mol. The lowest BCUT2D eigenvalue weighted by molar-refractivity contribution is -0.145. The van der Waals surface area contributed by atoms with E-state index in [9.17, 15) is 24.0 Å². The van der Waals surface area contributed by atoms with E-state index >= 15 is 0 Å². The van der Waals surface area contributed by atoms with Gasteiger partial charge in [0.25, 0.3) is 5.91 Å². The quantitative estimate of drug-likeness (QED) is 0.379. The number of nitrogens with zero attached hydrogens (tertiary/aromatic N) is 1. The molecule has 4 rings (SSSR count). The third kappa shape index (κ3) is 4.98. The lowest BCUT2D eigenvalue weighted by atomic mass is 9.97. The highest BCUT2D eigenvalue weighted by Crippen LogP contribution is 2.65. The van der Waals surface area contributed by atoms with Crippen LogP contribution in [0, 0.1) is 35.0 Å². The molecule has 0 radical (unpaired) electrons. The zero-order chi connectivity index (χ0) is 24.9. The van der Waals surface area contributed by atoms with E-state index in [1.54, 1.807) is 18.7 Å². The summed E-state index contributed by atoms with van der Waals surface area (Å²) in [6.45, 7) is 8.19. The summed E-state index contributed by atoms with van der Waals surface area (Å²) in [6, 6.07) is -2.35. The molecule has 1 saturated heterocycles. The minimum Gasteiger partial charge on any atom is -0.363 e. The molecule has 0 aromatic heterocycles. The molecule has 4 N–H and O–H groups in total. The first-order valence-corrected chi connectivity index (χ1v) is 12.7. The second kappa shape index (κ2) is 8.96. The van der Waals surface area contributed by atoms with Gasteiger partial charge in [-0.05, 0) is 41.9 Å². The summed E-state index contributed by atoms with van der Waals surface area (Å²) in [6.07, 6.45) is 4.97. The second-order valence-electron chi connectivity index (χ2n) is 11.8. The van der Waals surface area contributed by atoms with E-state index in [1.807, 2.05) is 0 Å². The van der Waals surface area contributed by atoms with Crippen LogP contribution in [0.3, 0.4) is 0 Å². The van der Waals surface area contributed by atoms with Crippen LogP contribution in [0.15, 0.2) is 0 Å². The van der Waals surface area contributed by atoms with Gasteiger partial charge in [-0.1, -0.05) is 53.4 Å². The molecule has 0 aromatic rings. The van der Waals surface area contributed by atoms with Crippen LogP contribution in [0.2, 0.25) is 0 Å². The number of likely N-dealkylation sites (tertiary alicyclic amines) is 1. The molecule has 1 aliphatic heterocycles. The number of hydrogen-bond donors (Lipinski definition) is 3. The molecule has 0 spiro atoms. The van der Waals surface area contributed by atoms with Crippen LogP contribution in [-0.2, 0) is 24.0 Å². The van der Waals surface area contributed by atoms with Crippen LogP contribution in [0.25, 0.3) is 0 Å². The summed E-state index contributed by atoms with van der Waals surface area (Å²) in [4.78, 5) is 65.2. The zero-order valence-electron chi connectivity index (χ0n) is 20.6. The van der Waals surface area contributed by atoms with Crippen molar-refractivity contribution < 1.29 is 24.0 Å². The van der Waals surface area contributed by atoms with Crippen molar-refractivity contribution in [3.05, 3.63) is 0 Å². The maximum atomic E-state index is 13.7. The fraction of sp³-hybridized carbons (Fsp3) is 0.800. The molecule has 2 unspecified atom stereocenters. The summed E-state index contributed by atoms with van der Waals surface area (Å²) in [7, 11) is 0. The van der Waals surface area contributed by atoms with Crippen LogP contribution >= 0.6 is 0 Å². The van der Waals surface area contributed by atoms with E-state index in [0.717, 1.165) is 25.7 Å². The van der Waals surface area contributed by atoms with E-state index in [4.69, 9.17) is 5.73 Å². The van der Waals surface area contributed by atoms with Gasteiger partial charge in [-0.15, -0.1) is 0 Å². The maximum absolute atomic E-state index is 13.7. The highest BCUT2D eigenvalue weighted by molar-refractivity contribution is 6.37. The number of amides is 4. The largest absolute Gasteiger partial charge is 0.363 e. The Kier molecular flexibility index (Phi) is 6.50. The average molecular weight is 475 g/mol. The van der Waals surface area contributed by atoms with Crippen molar-refractivity contribution in [2.24, 2.45) is 40.7 Å². The Morgan fingerprint density at radius 3 is 2.00 bits per heavy atom. The summed E-state index contributed by atoms with van der Waals surface area (Å²) in [5, 5.41) is 5.68.